The van der Waals surface area contributed by atoms with Crippen molar-refractivity contribution >= 4 is 11.7 Å². The summed E-state index contributed by atoms with van der Waals surface area (Å²) in [5.41, 5.74) is 1.88. The maximum absolute atomic E-state index is 12.3. The molecule has 0 aliphatic carbocycles. The Kier molecular flexibility index (Phi) is 5.46. The van der Waals surface area contributed by atoms with Crippen molar-refractivity contribution in [2.45, 2.75) is 6.54 Å². The Hall–Kier alpha value is -2.91. The number of aromatic nitrogens is 1. The lowest BCUT2D eigenvalue weighted by molar-refractivity contribution is 0.185. The quantitative estimate of drug-likeness (QED) is 0.883. The molecule has 0 fully saturated rings. The first kappa shape index (κ1) is 15.5. The van der Waals surface area contributed by atoms with E-state index in [0.717, 1.165) is 5.56 Å². The first-order valence-corrected chi connectivity index (χ1v) is 6.79. The fourth-order valence-electron chi connectivity index (χ4n) is 1.95. The van der Waals surface area contributed by atoms with Crippen LogP contribution in [0.4, 0.5) is 10.5 Å². The van der Waals surface area contributed by atoms with Crippen LogP contribution in [0.15, 0.2) is 48.8 Å². The molecule has 0 aliphatic heterocycles. The zero-order chi connectivity index (χ0) is 15.8. The monoisotopic (exact) mass is 296 g/mol. The lowest BCUT2D eigenvalue weighted by Gasteiger charge is -2.22. The Balaban J connectivity index is 2.07. The number of nitriles is 1. The van der Waals surface area contributed by atoms with E-state index in [9.17, 15) is 4.79 Å². The fraction of sp³-hybridized carbons (Fsp3) is 0.188. The summed E-state index contributed by atoms with van der Waals surface area (Å²) in [6, 6.07) is 12.0. The van der Waals surface area contributed by atoms with Crippen molar-refractivity contribution < 1.29 is 9.90 Å². The summed E-state index contributed by atoms with van der Waals surface area (Å²) in [7, 11) is 0. The summed E-state index contributed by atoms with van der Waals surface area (Å²) in [5, 5.41) is 20.7. The molecule has 2 aromatic rings. The van der Waals surface area contributed by atoms with Gasteiger partial charge in [-0.15, -0.1) is 0 Å². The van der Waals surface area contributed by atoms with Crippen LogP contribution in [0, 0.1) is 11.3 Å². The third-order valence-electron chi connectivity index (χ3n) is 3.00. The van der Waals surface area contributed by atoms with Gasteiger partial charge in [0.2, 0.25) is 0 Å². The molecular weight excluding hydrogens is 280 g/mol. The molecule has 6 nitrogen and oxygen atoms in total. The highest BCUT2D eigenvalue weighted by molar-refractivity contribution is 5.89. The number of nitrogens with one attached hydrogen (secondary N) is 1. The van der Waals surface area contributed by atoms with Gasteiger partial charge in [0.25, 0.3) is 0 Å². The lowest BCUT2D eigenvalue weighted by Crippen LogP contribution is -2.36. The molecule has 2 N–H and O–H groups in total. The molecule has 0 radical (unpaired) electrons. The minimum Gasteiger partial charge on any atom is -0.395 e. The Morgan fingerprint density at radius 3 is 2.91 bits per heavy atom. The van der Waals surface area contributed by atoms with Crippen molar-refractivity contribution in [3.63, 3.8) is 0 Å². The third kappa shape index (κ3) is 4.30. The Morgan fingerprint density at radius 2 is 2.23 bits per heavy atom. The van der Waals surface area contributed by atoms with E-state index in [1.165, 1.54) is 4.90 Å². The zero-order valence-corrected chi connectivity index (χ0v) is 11.9. The second-order valence-electron chi connectivity index (χ2n) is 4.63. The molecule has 2 amide bonds. The van der Waals surface area contributed by atoms with Crippen molar-refractivity contribution in [1.82, 2.24) is 9.88 Å². The molecule has 1 aromatic carbocycles. The molecule has 1 heterocycles. The summed E-state index contributed by atoms with van der Waals surface area (Å²) in [5.74, 6) is 0. The molecule has 0 unspecified atom stereocenters. The van der Waals surface area contributed by atoms with Crippen LogP contribution in [0.1, 0.15) is 11.1 Å². The van der Waals surface area contributed by atoms with Gasteiger partial charge in [-0.2, -0.15) is 5.26 Å². The molecule has 112 valence electrons. The number of hydrogen-bond acceptors (Lipinski definition) is 4. The summed E-state index contributed by atoms with van der Waals surface area (Å²) in [6.07, 6.45) is 3.33. The van der Waals surface area contributed by atoms with Crippen LogP contribution in [-0.2, 0) is 6.54 Å². The zero-order valence-electron chi connectivity index (χ0n) is 11.9. The second kappa shape index (κ2) is 7.76. The number of rotatable bonds is 5. The standard InChI is InChI=1S/C16H16N4O2/c17-10-13-3-1-5-15(9-13)19-16(22)20(7-8-21)12-14-4-2-6-18-11-14/h1-6,9,11,21H,7-8,12H2,(H,19,22). The van der Waals surface area contributed by atoms with Gasteiger partial charge in [-0.3, -0.25) is 4.98 Å². The van der Waals surface area contributed by atoms with Crippen LogP contribution in [0.5, 0.6) is 0 Å². The van der Waals surface area contributed by atoms with Gasteiger partial charge < -0.3 is 15.3 Å². The van der Waals surface area contributed by atoms with E-state index in [1.807, 2.05) is 12.1 Å². The average molecular weight is 296 g/mol. The number of aliphatic hydroxyl groups is 1. The number of benzene rings is 1. The van der Waals surface area contributed by atoms with Crippen molar-refractivity contribution in [3.8, 4) is 6.07 Å². The number of pyridine rings is 1. The SMILES string of the molecule is N#Cc1cccc(NC(=O)N(CCO)Cc2cccnc2)c1. The van der Waals surface area contributed by atoms with Crippen LogP contribution in [-0.4, -0.2) is 34.2 Å². The van der Waals surface area contributed by atoms with Gasteiger partial charge in [-0.25, -0.2) is 4.79 Å². The maximum atomic E-state index is 12.3. The van der Waals surface area contributed by atoms with Gasteiger partial charge in [0.1, 0.15) is 0 Å². The predicted octanol–water partition coefficient (Wildman–Crippen LogP) is 1.98. The first-order valence-electron chi connectivity index (χ1n) is 6.79. The molecule has 0 aliphatic rings. The van der Waals surface area contributed by atoms with Crippen LogP contribution in [0.2, 0.25) is 0 Å². The molecule has 0 bridgehead atoms. The van der Waals surface area contributed by atoms with E-state index in [0.29, 0.717) is 17.8 Å². The smallest absolute Gasteiger partial charge is 0.322 e. The molecule has 6 heteroatoms. The van der Waals surface area contributed by atoms with Crippen molar-refractivity contribution in [3.05, 3.63) is 59.9 Å². The van der Waals surface area contributed by atoms with Gasteiger partial charge in [-0.1, -0.05) is 12.1 Å². The van der Waals surface area contributed by atoms with Gasteiger partial charge in [0, 0.05) is 31.2 Å². The number of anilines is 1. The van der Waals surface area contributed by atoms with Crippen molar-refractivity contribution in [2.75, 3.05) is 18.5 Å². The first-order chi connectivity index (χ1) is 10.7. The largest absolute Gasteiger partial charge is 0.395 e. The Bertz CT molecular complexity index is 667. The van der Waals surface area contributed by atoms with Gasteiger partial charge >= 0.3 is 6.03 Å². The Labute approximate surface area is 128 Å². The van der Waals surface area contributed by atoms with Crippen LogP contribution in [0.25, 0.3) is 0 Å². The number of amides is 2. The van der Waals surface area contributed by atoms with Crippen molar-refractivity contribution in [1.29, 1.82) is 5.26 Å². The average Bonchev–Trinajstić information content (AvgIpc) is 2.55. The highest BCUT2D eigenvalue weighted by atomic mass is 16.3. The number of hydrogen-bond donors (Lipinski definition) is 2. The topological polar surface area (TPSA) is 89.2 Å². The summed E-state index contributed by atoms with van der Waals surface area (Å²) in [4.78, 5) is 17.8. The van der Waals surface area contributed by atoms with E-state index < -0.39 is 0 Å². The molecule has 0 spiro atoms. The van der Waals surface area contributed by atoms with E-state index in [4.69, 9.17) is 10.4 Å². The van der Waals surface area contributed by atoms with Crippen LogP contribution >= 0.6 is 0 Å². The minimum absolute atomic E-state index is 0.133. The van der Waals surface area contributed by atoms with E-state index in [-0.39, 0.29) is 19.2 Å². The predicted molar refractivity (Wildman–Crippen MR) is 81.9 cm³/mol. The molecule has 2 rings (SSSR count). The molecule has 0 saturated carbocycles. The normalized spacial score (nSPS) is 9.82. The lowest BCUT2D eigenvalue weighted by atomic mass is 10.2. The van der Waals surface area contributed by atoms with Crippen LogP contribution in [0.3, 0.4) is 0 Å². The highest BCUT2D eigenvalue weighted by Crippen LogP contribution is 2.12. The molecule has 22 heavy (non-hydrogen) atoms. The molecule has 0 atom stereocenters. The number of nitrogens with zero attached hydrogens (tertiary/aromatic N) is 3. The third-order valence-corrected chi connectivity index (χ3v) is 3.00. The van der Waals surface area contributed by atoms with Gasteiger partial charge in [-0.05, 0) is 29.8 Å². The molecule has 1 aromatic heterocycles. The van der Waals surface area contributed by atoms with E-state index >= 15 is 0 Å². The fourth-order valence-corrected chi connectivity index (χ4v) is 1.95. The van der Waals surface area contributed by atoms with E-state index in [1.54, 1.807) is 42.7 Å². The van der Waals surface area contributed by atoms with Crippen LogP contribution < -0.4 is 5.32 Å². The highest BCUT2D eigenvalue weighted by Gasteiger charge is 2.14. The molecular formula is C16H16N4O2. The van der Waals surface area contributed by atoms with Gasteiger partial charge in [0.05, 0.1) is 18.2 Å². The van der Waals surface area contributed by atoms with Gasteiger partial charge in [0.15, 0.2) is 0 Å². The van der Waals surface area contributed by atoms with Crippen molar-refractivity contribution in [2.24, 2.45) is 0 Å². The number of carbonyl (C=O) groups is 1. The Morgan fingerprint density at radius 1 is 1.36 bits per heavy atom. The second-order valence-corrected chi connectivity index (χ2v) is 4.63. The minimum atomic E-state index is -0.340. The summed E-state index contributed by atoms with van der Waals surface area (Å²) < 4.78 is 0. The van der Waals surface area contributed by atoms with E-state index in [2.05, 4.69) is 10.3 Å². The summed E-state index contributed by atoms with van der Waals surface area (Å²) >= 11 is 0. The number of urea groups is 1. The number of carbonyl (C=O) groups excluding carboxylic acids is 1. The maximum Gasteiger partial charge on any atom is 0.322 e. The summed E-state index contributed by atoms with van der Waals surface area (Å²) in [6.45, 7) is 0.419. The molecule has 0 saturated heterocycles. The number of aliphatic hydroxyl groups excluding tert-OH is 1.